The summed E-state index contributed by atoms with van der Waals surface area (Å²) in [6.07, 6.45) is 0. The molecular formula is C3H9AlO2P+. The molecule has 4 heteroatoms. The van der Waals surface area contributed by atoms with E-state index in [2.05, 4.69) is 12.7 Å². The predicted octanol–water partition coefficient (Wildman–Crippen LogP) is 1.36. The van der Waals surface area contributed by atoms with Crippen LogP contribution in [0.25, 0.3) is 0 Å². The Morgan fingerprint density at radius 3 is 2.00 bits per heavy atom. The van der Waals surface area contributed by atoms with Gasteiger partial charge in [0.25, 0.3) is 0 Å². The molecule has 0 radical (unpaired) electrons. The summed E-state index contributed by atoms with van der Waals surface area (Å²) in [5.74, 6) is 2.26. The van der Waals surface area contributed by atoms with E-state index in [-0.39, 0.29) is 0 Å². The minimum Gasteiger partial charge on any atom is -0.310 e. The van der Waals surface area contributed by atoms with Crippen molar-refractivity contribution in [1.82, 2.24) is 0 Å². The zero-order chi connectivity index (χ0) is 6.12. The van der Waals surface area contributed by atoms with Gasteiger partial charge in [0, 0.05) is 0 Å². The topological polar surface area (TPSA) is 37.3 Å². The van der Waals surface area contributed by atoms with Crippen molar-refractivity contribution in [1.29, 1.82) is 0 Å². The van der Waals surface area contributed by atoms with Crippen molar-refractivity contribution >= 4 is 23.9 Å². The van der Waals surface area contributed by atoms with Crippen LogP contribution >= 0.6 is 8.69 Å². The standard InChI is InChI=1S/C2H5.CH3.Al.HO2P/c1-2;;;1-3-2/h1H2,2H3;1H3;;(H,1,2)/q;;+1;. The Morgan fingerprint density at radius 1 is 1.86 bits per heavy atom. The van der Waals surface area contributed by atoms with Crippen molar-refractivity contribution in [2.45, 2.75) is 18.0 Å². The van der Waals surface area contributed by atoms with Crippen molar-refractivity contribution in [3.63, 3.8) is 0 Å². The fourth-order valence-corrected chi connectivity index (χ4v) is 0. The van der Waals surface area contributed by atoms with Gasteiger partial charge in [-0.1, -0.05) is 0 Å². The molecule has 0 aromatic heterocycles. The SMILES string of the molecule is C[CH2][Al+][CH3].O=PO. The molecule has 0 aliphatic heterocycles. The van der Waals surface area contributed by atoms with Gasteiger partial charge >= 0.3 is 41.9 Å². The van der Waals surface area contributed by atoms with E-state index in [1.54, 1.807) is 0 Å². The third-order valence-corrected chi connectivity index (χ3v) is 1.22. The van der Waals surface area contributed by atoms with E-state index in [9.17, 15) is 0 Å². The van der Waals surface area contributed by atoms with Gasteiger partial charge in [-0.15, -0.1) is 0 Å². The fourth-order valence-electron chi connectivity index (χ4n) is 0. The van der Waals surface area contributed by atoms with Crippen LogP contribution in [0.4, 0.5) is 0 Å². The normalized spacial score (nSPS) is 6.14. The van der Waals surface area contributed by atoms with Crippen LogP contribution in [0, 0.1) is 0 Å². The van der Waals surface area contributed by atoms with Gasteiger partial charge in [0.1, 0.15) is 0 Å². The summed E-state index contributed by atoms with van der Waals surface area (Å²) < 4.78 is 8.46. The van der Waals surface area contributed by atoms with E-state index in [4.69, 9.17) is 9.46 Å². The number of hydrogen-bond acceptors (Lipinski definition) is 1. The average Bonchev–Trinajstić information content (AvgIpc) is 1.69. The van der Waals surface area contributed by atoms with Gasteiger partial charge in [-0.3, -0.25) is 0 Å². The molecule has 0 amide bonds. The van der Waals surface area contributed by atoms with E-state index in [0.29, 0.717) is 0 Å². The van der Waals surface area contributed by atoms with Crippen LogP contribution in [0.5, 0.6) is 0 Å². The van der Waals surface area contributed by atoms with Crippen molar-refractivity contribution in [2.75, 3.05) is 0 Å². The zero-order valence-electron chi connectivity index (χ0n) is 4.59. The van der Waals surface area contributed by atoms with Gasteiger partial charge in [-0.25, -0.2) is 4.57 Å². The van der Waals surface area contributed by atoms with Gasteiger partial charge < -0.3 is 4.89 Å². The third-order valence-electron chi connectivity index (χ3n) is 0.408. The second kappa shape index (κ2) is 16.0. The summed E-state index contributed by atoms with van der Waals surface area (Å²) in [6, 6.07) is 0. The Labute approximate surface area is 51.9 Å². The third kappa shape index (κ3) is 54.8. The van der Waals surface area contributed by atoms with E-state index in [0.717, 1.165) is 15.2 Å². The first kappa shape index (κ1) is 10.6. The van der Waals surface area contributed by atoms with Gasteiger partial charge in [0.2, 0.25) is 0 Å². The molecule has 0 saturated heterocycles. The van der Waals surface area contributed by atoms with Crippen LogP contribution in [0.2, 0.25) is 11.1 Å². The van der Waals surface area contributed by atoms with Crippen molar-refractivity contribution in [3.8, 4) is 0 Å². The molecule has 0 saturated carbocycles. The minimum atomic E-state index is -0.833. The Kier molecular flexibility index (Phi) is 24.1. The first-order chi connectivity index (χ1) is 3.33. The van der Waals surface area contributed by atoms with Gasteiger partial charge in [-0.2, -0.15) is 0 Å². The van der Waals surface area contributed by atoms with Crippen LogP contribution in [0.1, 0.15) is 6.92 Å². The molecule has 40 valence electrons. The molecule has 0 aliphatic carbocycles. The Morgan fingerprint density at radius 2 is 2.00 bits per heavy atom. The Hall–Kier alpha value is 0.592. The monoisotopic (exact) mass is 135 g/mol. The Balaban J connectivity index is 0. The van der Waals surface area contributed by atoms with Crippen LogP contribution in [-0.4, -0.2) is 20.1 Å². The molecule has 0 rings (SSSR count). The van der Waals surface area contributed by atoms with Crippen LogP contribution in [0.15, 0.2) is 0 Å². The van der Waals surface area contributed by atoms with Crippen LogP contribution < -0.4 is 0 Å². The van der Waals surface area contributed by atoms with Gasteiger partial charge in [0.15, 0.2) is 0 Å². The predicted molar refractivity (Wildman–Crippen MR) is 31.9 cm³/mol. The smallest absolute Gasteiger partial charge is 0.310 e. The number of hydrogen-bond donors (Lipinski definition) is 1. The molecule has 0 aromatic carbocycles. The van der Waals surface area contributed by atoms with Crippen molar-refractivity contribution < 1.29 is 9.46 Å². The first-order valence-electron chi connectivity index (χ1n) is 2.08. The Bertz CT molecular complexity index is 32.1. The molecule has 7 heavy (non-hydrogen) atoms. The molecule has 0 fully saturated rings. The van der Waals surface area contributed by atoms with Gasteiger partial charge in [-0.05, 0) is 0 Å². The molecule has 0 unspecified atom stereocenters. The van der Waals surface area contributed by atoms with Crippen LogP contribution in [0.3, 0.4) is 0 Å². The first-order valence-corrected chi connectivity index (χ1v) is 4.81. The zero-order valence-corrected chi connectivity index (χ0v) is 6.64. The van der Waals surface area contributed by atoms with E-state index < -0.39 is 8.69 Å². The molecule has 0 bridgehead atoms. The van der Waals surface area contributed by atoms with Crippen molar-refractivity contribution in [2.24, 2.45) is 0 Å². The maximum absolute atomic E-state index is 8.46. The second-order valence-electron chi connectivity index (χ2n) is 0.898. The minimum absolute atomic E-state index is 0.782. The van der Waals surface area contributed by atoms with E-state index >= 15 is 0 Å². The number of rotatable bonds is 1. The largest absolute Gasteiger partial charge is 0.324 e. The maximum atomic E-state index is 8.46. The summed E-state index contributed by atoms with van der Waals surface area (Å²) in [4.78, 5) is 6.99. The average molecular weight is 135 g/mol. The summed E-state index contributed by atoms with van der Waals surface area (Å²) in [6.45, 7) is 2.22. The molecule has 0 aliphatic rings. The summed E-state index contributed by atoms with van der Waals surface area (Å²) in [5.41, 5.74) is 0. The summed E-state index contributed by atoms with van der Waals surface area (Å²) in [5, 5.41) is 1.40. The summed E-state index contributed by atoms with van der Waals surface area (Å²) >= 11 is 0.782. The molecular weight excluding hydrogens is 126 g/mol. The molecule has 0 atom stereocenters. The quantitative estimate of drug-likeness (QED) is 0.435. The van der Waals surface area contributed by atoms with Crippen molar-refractivity contribution in [3.05, 3.63) is 0 Å². The maximum Gasteiger partial charge on any atom is 0.324 e. The van der Waals surface area contributed by atoms with Crippen LogP contribution in [-0.2, 0) is 4.57 Å². The molecule has 1 N–H and O–H groups in total. The molecule has 0 heterocycles. The molecule has 0 aromatic rings. The van der Waals surface area contributed by atoms with E-state index in [1.165, 1.54) is 5.28 Å². The van der Waals surface area contributed by atoms with E-state index in [1.807, 2.05) is 0 Å². The second-order valence-corrected chi connectivity index (χ2v) is 2.69. The summed E-state index contributed by atoms with van der Waals surface area (Å²) in [7, 11) is -0.833. The molecule has 0 spiro atoms. The van der Waals surface area contributed by atoms with Gasteiger partial charge in [0.05, 0.1) is 0 Å². The fraction of sp³-hybridized carbons (Fsp3) is 1.00. The molecule has 2 nitrogen and oxygen atoms in total.